The summed E-state index contributed by atoms with van der Waals surface area (Å²) < 4.78 is 10.9. The molecule has 0 radical (unpaired) electrons. The van der Waals surface area contributed by atoms with Crippen molar-refractivity contribution in [2.24, 2.45) is 0 Å². The summed E-state index contributed by atoms with van der Waals surface area (Å²) in [6, 6.07) is 6.34. The highest BCUT2D eigenvalue weighted by Crippen LogP contribution is 2.35. The average molecular weight is 234 g/mol. The van der Waals surface area contributed by atoms with Gasteiger partial charge in [0.1, 0.15) is 5.75 Å². The number of epoxide rings is 1. The first-order valence-corrected chi connectivity index (χ1v) is 6.45. The van der Waals surface area contributed by atoms with E-state index in [0.29, 0.717) is 18.1 Å². The van der Waals surface area contributed by atoms with Crippen molar-refractivity contribution in [1.82, 2.24) is 0 Å². The Kier molecular flexibility index (Phi) is 3.72. The van der Waals surface area contributed by atoms with E-state index < -0.39 is 0 Å². The van der Waals surface area contributed by atoms with E-state index in [1.165, 1.54) is 11.1 Å². The van der Waals surface area contributed by atoms with E-state index in [4.69, 9.17) is 9.47 Å². The highest BCUT2D eigenvalue weighted by Gasteiger charge is 2.37. The highest BCUT2D eigenvalue weighted by molar-refractivity contribution is 5.36. The Morgan fingerprint density at radius 3 is 2.65 bits per heavy atom. The van der Waals surface area contributed by atoms with Crippen LogP contribution in [0.4, 0.5) is 0 Å². The molecule has 17 heavy (non-hydrogen) atoms. The molecule has 94 valence electrons. The summed E-state index contributed by atoms with van der Waals surface area (Å²) in [5, 5.41) is 0. The molecule has 0 amide bonds. The van der Waals surface area contributed by atoms with Crippen LogP contribution in [-0.4, -0.2) is 19.3 Å². The summed E-state index contributed by atoms with van der Waals surface area (Å²) in [6.45, 7) is 6.62. The molecule has 3 unspecified atom stereocenters. The molecule has 2 heteroatoms. The summed E-state index contributed by atoms with van der Waals surface area (Å²) in [5.41, 5.74) is 2.72. The first kappa shape index (κ1) is 12.4. The maximum Gasteiger partial charge on any atom is 0.119 e. The van der Waals surface area contributed by atoms with Crippen molar-refractivity contribution < 1.29 is 9.47 Å². The van der Waals surface area contributed by atoms with Gasteiger partial charge >= 0.3 is 0 Å². The van der Waals surface area contributed by atoms with Gasteiger partial charge in [-0.3, -0.25) is 0 Å². The molecule has 1 aromatic rings. The second-order valence-corrected chi connectivity index (χ2v) is 4.98. The van der Waals surface area contributed by atoms with Crippen LogP contribution in [0.2, 0.25) is 0 Å². The third-order valence-corrected chi connectivity index (χ3v) is 3.68. The number of rotatable bonds is 5. The minimum absolute atomic E-state index is 0.483. The summed E-state index contributed by atoms with van der Waals surface area (Å²) in [4.78, 5) is 0. The number of hydrogen-bond acceptors (Lipinski definition) is 2. The molecule has 0 aromatic heterocycles. The van der Waals surface area contributed by atoms with Gasteiger partial charge in [0.15, 0.2) is 0 Å². The van der Waals surface area contributed by atoms with Gasteiger partial charge in [0, 0.05) is 0 Å². The fourth-order valence-electron chi connectivity index (χ4n) is 2.55. The number of hydrogen-bond donors (Lipinski definition) is 0. The number of benzene rings is 1. The third-order valence-electron chi connectivity index (χ3n) is 3.68. The molecule has 0 spiro atoms. The van der Waals surface area contributed by atoms with Gasteiger partial charge in [-0.1, -0.05) is 19.9 Å². The molecule has 1 aromatic carbocycles. The van der Waals surface area contributed by atoms with Crippen LogP contribution in [0.3, 0.4) is 0 Å². The lowest BCUT2D eigenvalue weighted by Gasteiger charge is -2.14. The molecular formula is C15H22O2. The topological polar surface area (TPSA) is 21.8 Å². The van der Waals surface area contributed by atoms with Gasteiger partial charge in [-0.05, 0) is 48.9 Å². The van der Waals surface area contributed by atoms with E-state index in [9.17, 15) is 0 Å². The largest absolute Gasteiger partial charge is 0.497 e. The predicted molar refractivity (Wildman–Crippen MR) is 69.7 cm³/mol. The lowest BCUT2D eigenvalue weighted by Crippen LogP contribution is -2.03. The molecule has 0 saturated carbocycles. The average Bonchev–Trinajstić information content (AvgIpc) is 3.07. The maximum absolute atomic E-state index is 5.62. The van der Waals surface area contributed by atoms with Gasteiger partial charge in [-0.15, -0.1) is 0 Å². The van der Waals surface area contributed by atoms with Gasteiger partial charge in [-0.2, -0.15) is 0 Å². The summed E-state index contributed by atoms with van der Waals surface area (Å²) in [5.74, 6) is 1.50. The molecule has 3 atom stereocenters. The number of aryl methyl sites for hydroxylation is 1. The van der Waals surface area contributed by atoms with Crippen LogP contribution in [-0.2, 0) is 4.74 Å². The molecule has 1 fully saturated rings. The quantitative estimate of drug-likeness (QED) is 0.725. The fraction of sp³-hybridized carbons (Fsp3) is 0.600. The SMILES string of the molecule is CCC1OC1CC(C)c1ccc(OC)cc1C. The van der Waals surface area contributed by atoms with Crippen LogP contribution in [0.15, 0.2) is 18.2 Å². The predicted octanol–water partition coefficient (Wildman–Crippen LogP) is 3.67. The van der Waals surface area contributed by atoms with Gasteiger partial charge in [0.2, 0.25) is 0 Å². The van der Waals surface area contributed by atoms with E-state index in [0.717, 1.165) is 18.6 Å². The minimum Gasteiger partial charge on any atom is -0.497 e. The zero-order valence-electron chi connectivity index (χ0n) is 11.2. The Morgan fingerprint density at radius 2 is 2.12 bits per heavy atom. The highest BCUT2D eigenvalue weighted by atomic mass is 16.6. The second-order valence-electron chi connectivity index (χ2n) is 4.98. The van der Waals surface area contributed by atoms with Crippen molar-refractivity contribution in [2.45, 2.75) is 51.7 Å². The van der Waals surface area contributed by atoms with Crippen LogP contribution >= 0.6 is 0 Å². The Bertz CT molecular complexity index is 387. The maximum atomic E-state index is 5.62. The fourth-order valence-corrected chi connectivity index (χ4v) is 2.55. The lowest BCUT2D eigenvalue weighted by atomic mass is 9.91. The van der Waals surface area contributed by atoms with Gasteiger partial charge < -0.3 is 9.47 Å². The molecule has 1 saturated heterocycles. The number of ether oxygens (including phenoxy) is 2. The third kappa shape index (κ3) is 2.81. The standard InChI is InChI=1S/C15H22O2/c1-5-14-15(17-14)9-11(3)13-7-6-12(16-4)8-10(13)2/h6-8,11,14-15H,5,9H2,1-4H3. The number of methoxy groups -OCH3 is 1. The molecule has 1 aliphatic heterocycles. The smallest absolute Gasteiger partial charge is 0.119 e. The van der Waals surface area contributed by atoms with Crippen LogP contribution in [0.5, 0.6) is 5.75 Å². The molecule has 1 aliphatic rings. The van der Waals surface area contributed by atoms with E-state index in [1.807, 2.05) is 6.07 Å². The van der Waals surface area contributed by atoms with E-state index in [2.05, 4.69) is 32.9 Å². The van der Waals surface area contributed by atoms with Gasteiger partial charge in [-0.25, -0.2) is 0 Å². The van der Waals surface area contributed by atoms with Crippen LogP contribution in [0.25, 0.3) is 0 Å². The van der Waals surface area contributed by atoms with Crippen molar-refractivity contribution in [1.29, 1.82) is 0 Å². The van der Waals surface area contributed by atoms with Crippen LogP contribution in [0, 0.1) is 6.92 Å². The van der Waals surface area contributed by atoms with Crippen molar-refractivity contribution in [2.75, 3.05) is 7.11 Å². The zero-order valence-corrected chi connectivity index (χ0v) is 11.2. The normalized spacial score (nSPS) is 24.5. The van der Waals surface area contributed by atoms with E-state index in [-0.39, 0.29) is 0 Å². The summed E-state index contributed by atoms with van der Waals surface area (Å²) in [6.07, 6.45) is 3.26. The van der Waals surface area contributed by atoms with E-state index >= 15 is 0 Å². The van der Waals surface area contributed by atoms with Crippen molar-refractivity contribution in [3.8, 4) is 5.75 Å². The molecular weight excluding hydrogens is 212 g/mol. The molecule has 0 bridgehead atoms. The minimum atomic E-state index is 0.483. The molecule has 1 heterocycles. The Hall–Kier alpha value is -1.02. The zero-order chi connectivity index (χ0) is 12.4. The lowest BCUT2D eigenvalue weighted by molar-refractivity contribution is 0.352. The van der Waals surface area contributed by atoms with Crippen molar-refractivity contribution in [3.05, 3.63) is 29.3 Å². The molecule has 2 nitrogen and oxygen atoms in total. The van der Waals surface area contributed by atoms with Crippen molar-refractivity contribution in [3.63, 3.8) is 0 Å². The molecule has 0 N–H and O–H groups in total. The Labute approximate surface area is 104 Å². The molecule has 0 aliphatic carbocycles. The van der Waals surface area contributed by atoms with Gasteiger partial charge in [0.05, 0.1) is 19.3 Å². The van der Waals surface area contributed by atoms with Crippen LogP contribution in [0.1, 0.15) is 43.7 Å². The van der Waals surface area contributed by atoms with Crippen LogP contribution < -0.4 is 4.74 Å². The second kappa shape index (κ2) is 5.09. The van der Waals surface area contributed by atoms with Gasteiger partial charge in [0.25, 0.3) is 0 Å². The Morgan fingerprint density at radius 1 is 1.35 bits per heavy atom. The first-order chi connectivity index (χ1) is 8.15. The summed E-state index contributed by atoms with van der Waals surface area (Å²) >= 11 is 0. The van der Waals surface area contributed by atoms with E-state index in [1.54, 1.807) is 7.11 Å². The Balaban J connectivity index is 2.01. The van der Waals surface area contributed by atoms with Crippen molar-refractivity contribution >= 4 is 0 Å². The monoisotopic (exact) mass is 234 g/mol. The summed E-state index contributed by atoms with van der Waals surface area (Å²) in [7, 11) is 1.71. The first-order valence-electron chi connectivity index (χ1n) is 6.45. The molecule has 2 rings (SSSR count).